The van der Waals surface area contributed by atoms with Gasteiger partial charge >= 0.3 is 0 Å². The number of nitrogens with zero attached hydrogens (tertiary/aromatic N) is 3. The summed E-state index contributed by atoms with van der Waals surface area (Å²) in [5.41, 5.74) is 1.55. The second kappa shape index (κ2) is 7.20. The molecule has 0 atom stereocenters. The highest BCUT2D eigenvalue weighted by molar-refractivity contribution is 6.14. The zero-order valence-electron chi connectivity index (χ0n) is 13.3. The maximum atomic E-state index is 12.4. The first-order valence-corrected chi connectivity index (χ1v) is 7.10. The molecule has 0 saturated carbocycles. The van der Waals surface area contributed by atoms with E-state index in [0.29, 0.717) is 5.56 Å². The molecule has 0 saturated heterocycles. The van der Waals surface area contributed by atoms with Gasteiger partial charge in [0.1, 0.15) is 11.6 Å². The van der Waals surface area contributed by atoms with E-state index < -0.39 is 10.7 Å². The van der Waals surface area contributed by atoms with Crippen molar-refractivity contribution >= 4 is 23.2 Å². The largest absolute Gasteiger partial charge is 0.378 e. The number of ketones is 1. The fourth-order valence-electron chi connectivity index (χ4n) is 2.10. The fourth-order valence-corrected chi connectivity index (χ4v) is 2.10. The first kappa shape index (κ1) is 16.9. The Morgan fingerprint density at radius 1 is 1.21 bits per heavy atom. The van der Waals surface area contributed by atoms with E-state index in [2.05, 4.69) is 0 Å². The van der Waals surface area contributed by atoms with Crippen LogP contribution in [0.4, 0.5) is 11.4 Å². The molecule has 0 bridgehead atoms. The van der Waals surface area contributed by atoms with Gasteiger partial charge in [-0.1, -0.05) is 24.3 Å². The second-order valence-electron chi connectivity index (χ2n) is 5.29. The molecule has 0 unspecified atom stereocenters. The average Bonchev–Trinajstić information content (AvgIpc) is 2.59. The van der Waals surface area contributed by atoms with Crippen molar-refractivity contribution in [3.8, 4) is 6.07 Å². The zero-order chi connectivity index (χ0) is 17.7. The van der Waals surface area contributed by atoms with E-state index in [9.17, 15) is 20.2 Å². The van der Waals surface area contributed by atoms with Gasteiger partial charge in [-0.05, 0) is 23.8 Å². The maximum absolute atomic E-state index is 12.4. The lowest BCUT2D eigenvalue weighted by Crippen LogP contribution is -2.08. The molecule has 0 aliphatic heterocycles. The first-order valence-electron chi connectivity index (χ1n) is 7.10. The molecule has 120 valence electrons. The van der Waals surface area contributed by atoms with Crippen molar-refractivity contribution < 1.29 is 9.72 Å². The van der Waals surface area contributed by atoms with Crippen molar-refractivity contribution in [3.05, 3.63) is 75.3 Å². The Bertz CT molecular complexity index is 847. The number of carbonyl (C=O) groups is 1. The molecule has 0 fully saturated rings. The monoisotopic (exact) mass is 321 g/mol. The van der Waals surface area contributed by atoms with Gasteiger partial charge in [0.2, 0.25) is 5.78 Å². The molecule has 0 aliphatic rings. The van der Waals surface area contributed by atoms with Crippen LogP contribution >= 0.6 is 0 Å². The second-order valence-corrected chi connectivity index (χ2v) is 5.29. The fraction of sp³-hybridized carbons (Fsp3) is 0.111. The summed E-state index contributed by atoms with van der Waals surface area (Å²) in [5, 5.41) is 20.1. The lowest BCUT2D eigenvalue weighted by Gasteiger charge is -2.11. The topological polar surface area (TPSA) is 87.2 Å². The standard InChI is InChI=1S/C18H15N3O3/c1-20(2)16-8-6-13(7-9-16)10-15(12-19)18(22)14-4-3-5-17(11-14)21(23)24/h3-11H,1-2H3. The van der Waals surface area contributed by atoms with Crippen LogP contribution in [0.5, 0.6) is 0 Å². The Kier molecular flexibility index (Phi) is 5.07. The average molecular weight is 321 g/mol. The highest BCUT2D eigenvalue weighted by Crippen LogP contribution is 2.19. The molecule has 6 nitrogen and oxygen atoms in total. The van der Waals surface area contributed by atoms with E-state index >= 15 is 0 Å². The van der Waals surface area contributed by atoms with E-state index in [4.69, 9.17) is 0 Å². The Hall–Kier alpha value is -3.46. The molecule has 2 rings (SSSR count). The third-order valence-electron chi connectivity index (χ3n) is 3.40. The number of rotatable bonds is 5. The van der Waals surface area contributed by atoms with Crippen molar-refractivity contribution in [3.63, 3.8) is 0 Å². The summed E-state index contributed by atoms with van der Waals surface area (Å²) in [5.74, 6) is -0.544. The van der Waals surface area contributed by atoms with Crippen LogP contribution < -0.4 is 4.90 Å². The number of hydrogen-bond donors (Lipinski definition) is 0. The summed E-state index contributed by atoms with van der Waals surface area (Å²) in [6.07, 6.45) is 1.47. The number of anilines is 1. The van der Waals surface area contributed by atoms with Crippen LogP contribution in [-0.2, 0) is 0 Å². The van der Waals surface area contributed by atoms with Crippen molar-refractivity contribution in [1.29, 1.82) is 5.26 Å². The van der Waals surface area contributed by atoms with Crippen LogP contribution in [0.2, 0.25) is 0 Å². The quantitative estimate of drug-likeness (QED) is 0.277. The van der Waals surface area contributed by atoms with Gasteiger partial charge in [-0.25, -0.2) is 0 Å². The molecule has 0 spiro atoms. The van der Waals surface area contributed by atoms with E-state index in [1.54, 1.807) is 12.1 Å². The van der Waals surface area contributed by atoms with Crippen molar-refractivity contribution in [1.82, 2.24) is 0 Å². The van der Waals surface area contributed by atoms with Crippen LogP contribution in [-0.4, -0.2) is 24.8 Å². The third kappa shape index (κ3) is 3.84. The number of non-ortho nitro benzene ring substituents is 1. The molecule has 0 radical (unpaired) electrons. The van der Waals surface area contributed by atoms with Crippen LogP contribution in [0.15, 0.2) is 54.1 Å². The summed E-state index contributed by atoms with van der Waals surface area (Å²) in [6.45, 7) is 0. The molecule has 0 amide bonds. The molecule has 2 aromatic carbocycles. The number of allylic oxidation sites excluding steroid dienone is 1. The lowest BCUT2D eigenvalue weighted by atomic mass is 10.0. The van der Waals surface area contributed by atoms with E-state index in [0.717, 1.165) is 5.69 Å². The maximum Gasteiger partial charge on any atom is 0.270 e. The van der Waals surface area contributed by atoms with Gasteiger partial charge in [0, 0.05) is 37.5 Å². The predicted molar refractivity (Wildman–Crippen MR) is 91.8 cm³/mol. The summed E-state index contributed by atoms with van der Waals surface area (Å²) < 4.78 is 0. The van der Waals surface area contributed by atoms with Gasteiger partial charge < -0.3 is 4.90 Å². The van der Waals surface area contributed by atoms with Gasteiger partial charge in [-0.2, -0.15) is 5.26 Å². The highest BCUT2D eigenvalue weighted by Gasteiger charge is 2.15. The SMILES string of the molecule is CN(C)c1ccc(C=C(C#N)C(=O)c2cccc([N+](=O)[O-])c2)cc1. The minimum absolute atomic E-state index is 0.0758. The molecule has 6 heteroatoms. The Morgan fingerprint density at radius 3 is 2.42 bits per heavy atom. The Morgan fingerprint density at radius 2 is 1.88 bits per heavy atom. The number of nitro groups is 1. The summed E-state index contributed by atoms with van der Waals surface area (Å²) >= 11 is 0. The summed E-state index contributed by atoms with van der Waals surface area (Å²) in [6, 6.07) is 14.6. The Balaban J connectivity index is 2.33. The number of Topliss-reactive ketones (excluding diaryl/α,β-unsaturated/α-hetero) is 1. The summed E-state index contributed by atoms with van der Waals surface area (Å²) in [4.78, 5) is 24.6. The number of nitriles is 1. The molecule has 0 heterocycles. The molecular formula is C18H15N3O3. The minimum Gasteiger partial charge on any atom is -0.378 e. The van der Waals surface area contributed by atoms with E-state index in [1.165, 1.54) is 30.3 Å². The number of benzene rings is 2. The molecule has 0 N–H and O–H groups in total. The van der Waals surface area contributed by atoms with E-state index in [-0.39, 0.29) is 16.8 Å². The van der Waals surface area contributed by atoms with Crippen molar-refractivity contribution in [2.45, 2.75) is 0 Å². The zero-order valence-corrected chi connectivity index (χ0v) is 13.3. The normalized spacial score (nSPS) is 10.8. The lowest BCUT2D eigenvalue weighted by molar-refractivity contribution is -0.384. The number of hydrogen-bond acceptors (Lipinski definition) is 5. The van der Waals surface area contributed by atoms with Crippen molar-refractivity contribution in [2.75, 3.05) is 19.0 Å². The number of nitro benzene ring substituents is 1. The number of carbonyl (C=O) groups excluding carboxylic acids is 1. The summed E-state index contributed by atoms with van der Waals surface area (Å²) in [7, 11) is 3.83. The van der Waals surface area contributed by atoms with Gasteiger partial charge in [-0.15, -0.1) is 0 Å². The molecular weight excluding hydrogens is 306 g/mol. The highest BCUT2D eigenvalue weighted by atomic mass is 16.6. The van der Waals surface area contributed by atoms with Gasteiger partial charge in [-0.3, -0.25) is 14.9 Å². The van der Waals surface area contributed by atoms with Gasteiger partial charge in [0.25, 0.3) is 5.69 Å². The molecule has 2 aromatic rings. The minimum atomic E-state index is -0.577. The van der Waals surface area contributed by atoms with Crippen LogP contribution in [0.1, 0.15) is 15.9 Å². The Labute approximate surface area is 139 Å². The van der Waals surface area contributed by atoms with Crippen LogP contribution in [0, 0.1) is 21.4 Å². The first-order chi connectivity index (χ1) is 11.4. The molecule has 24 heavy (non-hydrogen) atoms. The predicted octanol–water partition coefficient (Wildman–Crippen LogP) is 3.45. The van der Waals surface area contributed by atoms with Gasteiger partial charge in [0.15, 0.2) is 0 Å². The third-order valence-corrected chi connectivity index (χ3v) is 3.40. The van der Waals surface area contributed by atoms with Crippen molar-refractivity contribution in [2.24, 2.45) is 0 Å². The van der Waals surface area contributed by atoms with Crippen LogP contribution in [0.3, 0.4) is 0 Å². The molecule has 0 aliphatic carbocycles. The molecule has 0 aromatic heterocycles. The van der Waals surface area contributed by atoms with E-state index in [1.807, 2.05) is 37.2 Å². The van der Waals surface area contributed by atoms with Gasteiger partial charge in [0.05, 0.1) is 4.92 Å². The smallest absolute Gasteiger partial charge is 0.270 e. The van der Waals surface area contributed by atoms with Crippen LogP contribution in [0.25, 0.3) is 6.08 Å².